The largest absolute Gasteiger partial charge is 0.313 e. The molecule has 1 aromatic rings. The molecule has 0 spiro atoms. The third-order valence-electron chi connectivity index (χ3n) is 2.28. The van der Waals surface area contributed by atoms with Gasteiger partial charge in [-0.25, -0.2) is 0 Å². The number of hydrogen-bond donors (Lipinski definition) is 1. The fraction of sp³-hybridized carbons (Fsp3) is 0.455. The van der Waals surface area contributed by atoms with Gasteiger partial charge in [0.05, 0.1) is 0 Å². The van der Waals surface area contributed by atoms with Gasteiger partial charge in [0, 0.05) is 15.5 Å². The summed E-state index contributed by atoms with van der Waals surface area (Å²) in [6.07, 6.45) is 0. The lowest BCUT2D eigenvalue weighted by molar-refractivity contribution is 0.443. The smallest absolute Gasteiger partial charge is 0.0465 e. The van der Waals surface area contributed by atoms with E-state index in [1.54, 1.807) is 0 Å². The second kappa shape index (κ2) is 5.15. The zero-order valence-electron chi connectivity index (χ0n) is 8.64. The van der Waals surface area contributed by atoms with Crippen molar-refractivity contribution in [2.24, 2.45) is 5.92 Å². The van der Waals surface area contributed by atoms with E-state index in [0.717, 1.165) is 15.1 Å². The molecule has 0 aromatic heterocycles. The summed E-state index contributed by atoms with van der Waals surface area (Å²) >= 11 is 9.58. The van der Waals surface area contributed by atoms with Crippen LogP contribution in [-0.4, -0.2) is 7.05 Å². The van der Waals surface area contributed by atoms with E-state index in [9.17, 15) is 0 Å². The Labute approximate surface area is 99.0 Å². The van der Waals surface area contributed by atoms with E-state index in [-0.39, 0.29) is 0 Å². The second-order valence-electron chi connectivity index (χ2n) is 3.68. The van der Waals surface area contributed by atoms with Gasteiger partial charge in [-0.15, -0.1) is 0 Å². The lowest BCUT2D eigenvalue weighted by Crippen LogP contribution is -2.21. The summed E-state index contributed by atoms with van der Waals surface area (Å²) < 4.78 is 1.02. The van der Waals surface area contributed by atoms with Crippen molar-refractivity contribution >= 4 is 27.5 Å². The molecule has 0 saturated heterocycles. The molecule has 78 valence electrons. The van der Waals surface area contributed by atoms with Gasteiger partial charge in [0.1, 0.15) is 0 Å². The number of nitrogens with one attached hydrogen (secondary N) is 1. The Morgan fingerprint density at radius 1 is 1.36 bits per heavy atom. The maximum Gasteiger partial charge on any atom is 0.0465 e. The predicted octanol–water partition coefficient (Wildman–Crippen LogP) is 4.02. The van der Waals surface area contributed by atoms with Crippen LogP contribution in [0.1, 0.15) is 25.5 Å². The first-order valence-corrected chi connectivity index (χ1v) is 5.85. The van der Waals surface area contributed by atoms with Gasteiger partial charge in [-0.2, -0.15) is 0 Å². The third-order valence-corrected chi connectivity index (χ3v) is 3.10. The SMILES string of the molecule is CNC(c1ccc(Br)cc1Cl)C(C)C. The first-order chi connectivity index (χ1) is 6.56. The average molecular weight is 277 g/mol. The van der Waals surface area contributed by atoms with Gasteiger partial charge in [-0.1, -0.05) is 47.4 Å². The summed E-state index contributed by atoms with van der Waals surface area (Å²) in [6, 6.07) is 6.33. The molecule has 0 saturated carbocycles. The first kappa shape index (κ1) is 12.0. The summed E-state index contributed by atoms with van der Waals surface area (Å²) in [7, 11) is 1.96. The minimum Gasteiger partial charge on any atom is -0.313 e. The molecule has 1 rings (SSSR count). The van der Waals surface area contributed by atoms with Gasteiger partial charge >= 0.3 is 0 Å². The van der Waals surface area contributed by atoms with Gasteiger partial charge in [0.15, 0.2) is 0 Å². The first-order valence-electron chi connectivity index (χ1n) is 4.68. The Hall–Kier alpha value is -0.0500. The number of rotatable bonds is 3. The molecule has 0 fully saturated rings. The second-order valence-corrected chi connectivity index (χ2v) is 5.00. The Kier molecular flexibility index (Phi) is 4.42. The lowest BCUT2D eigenvalue weighted by Gasteiger charge is -2.21. The third kappa shape index (κ3) is 2.72. The van der Waals surface area contributed by atoms with Crippen LogP contribution in [0.25, 0.3) is 0 Å². The molecule has 0 amide bonds. The molecule has 1 nitrogen and oxygen atoms in total. The fourth-order valence-corrected chi connectivity index (χ4v) is 2.39. The molecule has 0 bridgehead atoms. The highest BCUT2D eigenvalue weighted by atomic mass is 79.9. The minimum atomic E-state index is 0.315. The van der Waals surface area contributed by atoms with Crippen molar-refractivity contribution in [2.45, 2.75) is 19.9 Å². The minimum absolute atomic E-state index is 0.315. The van der Waals surface area contributed by atoms with Crippen LogP contribution < -0.4 is 5.32 Å². The van der Waals surface area contributed by atoms with Gasteiger partial charge in [0.25, 0.3) is 0 Å². The molecule has 0 radical (unpaired) electrons. The van der Waals surface area contributed by atoms with Crippen molar-refractivity contribution in [3.05, 3.63) is 33.3 Å². The zero-order valence-corrected chi connectivity index (χ0v) is 11.0. The highest BCUT2D eigenvalue weighted by molar-refractivity contribution is 9.10. The average Bonchev–Trinajstić information content (AvgIpc) is 2.09. The van der Waals surface area contributed by atoms with Gasteiger partial charge in [0.2, 0.25) is 0 Å². The monoisotopic (exact) mass is 275 g/mol. The standard InChI is InChI=1S/C11H15BrClN/c1-7(2)11(14-3)9-5-4-8(12)6-10(9)13/h4-7,11,14H,1-3H3. The molecule has 0 heterocycles. The maximum atomic E-state index is 6.18. The summed E-state index contributed by atoms with van der Waals surface area (Å²) in [6.45, 7) is 4.36. The van der Waals surface area contributed by atoms with Crippen LogP contribution in [0.15, 0.2) is 22.7 Å². The summed E-state index contributed by atoms with van der Waals surface area (Å²) in [5.41, 5.74) is 1.16. The molecular weight excluding hydrogens is 261 g/mol. The Bertz CT molecular complexity index is 312. The number of halogens is 2. The Morgan fingerprint density at radius 3 is 2.43 bits per heavy atom. The van der Waals surface area contributed by atoms with Gasteiger partial charge in [-0.05, 0) is 30.7 Å². The van der Waals surface area contributed by atoms with Crippen molar-refractivity contribution in [1.82, 2.24) is 5.32 Å². The Balaban J connectivity index is 3.04. The van der Waals surface area contributed by atoms with Crippen LogP contribution >= 0.6 is 27.5 Å². The number of hydrogen-bond acceptors (Lipinski definition) is 1. The summed E-state index contributed by atoms with van der Waals surface area (Å²) in [5, 5.41) is 4.09. The van der Waals surface area contributed by atoms with Gasteiger partial charge in [-0.3, -0.25) is 0 Å². The van der Waals surface area contributed by atoms with E-state index < -0.39 is 0 Å². The Morgan fingerprint density at radius 2 is 2.00 bits per heavy atom. The molecule has 1 N–H and O–H groups in total. The van der Waals surface area contributed by atoms with Crippen molar-refractivity contribution in [3.63, 3.8) is 0 Å². The lowest BCUT2D eigenvalue weighted by atomic mass is 9.96. The molecule has 0 aliphatic carbocycles. The van der Waals surface area contributed by atoms with E-state index >= 15 is 0 Å². The molecule has 1 aromatic carbocycles. The van der Waals surface area contributed by atoms with Crippen molar-refractivity contribution in [1.29, 1.82) is 0 Å². The quantitative estimate of drug-likeness (QED) is 0.879. The van der Waals surface area contributed by atoms with Crippen molar-refractivity contribution < 1.29 is 0 Å². The van der Waals surface area contributed by atoms with Crippen LogP contribution in [0.3, 0.4) is 0 Å². The van der Waals surface area contributed by atoms with Crippen LogP contribution in [0.4, 0.5) is 0 Å². The van der Waals surface area contributed by atoms with E-state index in [1.165, 1.54) is 0 Å². The van der Waals surface area contributed by atoms with Crippen molar-refractivity contribution in [2.75, 3.05) is 7.05 Å². The van der Waals surface area contributed by atoms with E-state index in [4.69, 9.17) is 11.6 Å². The highest BCUT2D eigenvalue weighted by Gasteiger charge is 2.16. The van der Waals surface area contributed by atoms with Crippen LogP contribution in [0, 0.1) is 5.92 Å². The topological polar surface area (TPSA) is 12.0 Å². The van der Waals surface area contributed by atoms with Crippen LogP contribution in [-0.2, 0) is 0 Å². The zero-order chi connectivity index (χ0) is 10.7. The normalized spacial score (nSPS) is 13.3. The fourth-order valence-electron chi connectivity index (χ4n) is 1.60. The number of benzene rings is 1. The van der Waals surface area contributed by atoms with Crippen molar-refractivity contribution in [3.8, 4) is 0 Å². The molecular formula is C11H15BrClN. The molecule has 1 unspecified atom stereocenters. The maximum absolute atomic E-state index is 6.18. The molecule has 1 atom stereocenters. The van der Waals surface area contributed by atoms with E-state index in [2.05, 4.69) is 41.2 Å². The van der Waals surface area contributed by atoms with Crippen LogP contribution in [0.2, 0.25) is 5.02 Å². The van der Waals surface area contributed by atoms with E-state index in [1.807, 2.05) is 19.2 Å². The highest BCUT2D eigenvalue weighted by Crippen LogP contribution is 2.30. The molecule has 14 heavy (non-hydrogen) atoms. The molecule has 0 aliphatic rings. The van der Waals surface area contributed by atoms with E-state index in [0.29, 0.717) is 12.0 Å². The predicted molar refractivity (Wildman–Crippen MR) is 65.8 cm³/mol. The summed E-state index contributed by atoms with van der Waals surface area (Å²) in [4.78, 5) is 0. The van der Waals surface area contributed by atoms with Crippen LogP contribution in [0.5, 0.6) is 0 Å². The summed E-state index contributed by atoms with van der Waals surface area (Å²) in [5.74, 6) is 0.527. The molecule has 0 aliphatic heterocycles. The van der Waals surface area contributed by atoms with Gasteiger partial charge < -0.3 is 5.32 Å². The molecule has 3 heteroatoms.